The summed E-state index contributed by atoms with van der Waals surface area (Å²) in [5.74, 6) is 1.79. The van der Waals surface area contributed by atoms with E-state index in [2.05, 4.69) is 0 Å². The summed E-state index contributed by atoms with van der Waals surface area (Å²) in [6, 6.07) is 12.6. The van der Waals surface area contributed by atoms with E-state index in [1.165, 1.54) is 0 Å². The van der Waals surface area contributed by atoms with Gasteiger partial charge in [0.15, 0.2) is 0 Å². The molecule has 5 unspecified atom stereocenters. The molecule has 2 aromatic rings. The van der Waals surface area contributed by atoms with Crippen LogP contribution >= 0.6 is 0 Å². The number of aliphatic hydroxyl groups is 4. The van der Waals surface area contributed by atoms with Crippen molar-refractivity contribution in [1.29, 1.82) is 0 Å². The van der Waals surface area contributed by atoms with Crippen LogP contribution in [0, 0.1) is 0 Å². The van der Waals surface area contributed by atoms with Crippen molar-refractivity contribution in [2.24, 2.45) is 0 Å². The average molecular weight is 418 g/mol. The largest absolute Gasteiger partial charge is 0.497 e. The molecular weight excluding hydrogens is 392 g/mol. The number of benzene rings is 2. The molecule has 1 fully saturated rings. The van der Waals surface area contributed by atoms with Crippen LogP contribution in [0.4, 0.5) is 0 Å². The van der Waals surface area contributed by atoms with E-state index in [1.54, 1.807) is 32.4 Å². The second-order valence-corrected chi connectivity index (χ2v) is 6.86. The lowest BCUT2D eigenvalue weighted by molar-refractivity contribution is -0.277. The van der Waals surface area contributed by atoms with Gasteiger partial charge in [-0.25, -0.2) is 0 Å². The topological polar surface area (TPSA) is 118 Å². The van der Waals surface area contributed by atoms with Crippen molar-refractivity contribution in [2.45, 2.75) is 30.7 Å². The molecule has 4 N–H and O–H groups in total. The molecule has 0 bridgehead atoms. The van der Waals surface area contributed by atoms with Crippen LogP contribution in [0.15, 0.2) is 42.5 Å². The highest BCUT2D eigenvalue weighted by Gasteiger charge is 2.44. The predicted octanol–water partition coefficient (Wildman–Crippen LogP) is 1.05. The van der Waals surface area contributed by atoms with Crippen molar-refractivity contribution < 1.29 is 39.4 Å². The number of hydrogen-bond acceptors (Lipinski definition) is 8. The van der Waals surface area contributed by atoms with Crippen molar-refractivity contribution in [3.8, 4) is 17.2 Å². The van der Waals surface area contributed by atoms with Gasteiger partial charge in [0.1, 0.15) is 41.7 Å². The Morgan fingerprint density at radius 1 is 0.800 bits per heavy atom. The Morgan fingerprint density at radius 2 is 1.40 bits per heavy atom. The van der Waals surface area contributed by atoms with Crippen molar-refractivity contribution in [3.05, 3.63) is 53.6 Å². The maximum atomic E-state index is 10.1. The normalized spacial score (nSPS) is 26.5. The maximum absolute atomic E-state index is 10.1. The van der Waals surface area contributed by atoms with Crippen molar-refractivity contribution in [1.82, 2.24) is 0 Å². The number of rotatable bonds is 7. The van der Waals surface area contributed by atoms with Crippen LogP contribution in [-0.4, -0.2) is 72.0 Å². The van der Waals surface area contributed by atoms with E-state index in [9.17, 15) is 20.4 Å². The van der Waals surface area contributed by atoms with Gasteiger partial charge in [0.05, 0.1) is 20.8 Å². The summed E-state index contributed by atoms with van der Waals surface area (Å²) >= 11 is 0. The zero-order chi connectivity index (χ0) is 21.7. The number of hydrogen-bond donors (Lipinski definition) is 4. The second-order valence-electron chi connectivity index (χ2n) is 6.86. The second kappa shape index (κ2) is 9.92. The summed E-state index contributed by atoms with van der Waals surface area (Å²) in [4.78, 5) is 0. The molecule has 0 aliphatic carbocycles. The van der Waals surface area contributed by atoms with Crippen molar-refractivity contribution in [3.63, 3.8) is 0 Å². The molecule has 30 heavy (non-hydrogen) atoms. The first kappa shape index (κ1) is 22.1. The zero-order valence-corrected chi connectivity index (χ0v) is 16.7. The number of aliphatic hydroxyl groups excluding tert-OH is 4. The first-order valence-corrected chi connectivity index (χ1v) is 9.43. The average Bonchev–Trinajstić information content (AvgIpc) is 2.78. The molecule has 3 rings (SSSR count). The minimum atomic E-state index is -1.48. The standard InChI is InChI=1S/C22H26O8/c1-27-16-9-14(10-17(11-16)28-2)4-3-13-5-7-15(8-6-13)29-22-21(26)20(25)19(24)18(12-23)30-22/h3-11,18-26H,12H2,1-2H3/b4-3+. The zero-order valence-electron chi connectivity index (χ0n) is 16.7. The van der Waals surface area contributed by atoms with Crippen molar-refractivity contribution >= 4 is 12.2 Å². The van der Waals surface area contributed by atoms with Crippen LogP contribution < -0.4 is 14.2 Å². The fourth-order valence-corrected chi connectivity index (χ4v) is 3.07. The molecule has 1 heterocycles. The lowest BCUT2D eigenvalue weighted by atomic mass is 9.99. The highest BCUT2D eigenvalue weighted by molar-refractivity contribution is 5.71. The Labute approximate surface area is 174 Å². The molecule has 1 aliphatic heterocycles. The van der Waals surface area contributed by atoms with Gasteiger partial charge >= 0.3 is 0 Å². The first-order chi connectivity index (χ1) is 14.4. The molecule has 0 saturated carbocycles. The molecular formula is C22H26O8. The number of ether oxygens (including phenoxy) is 4. The smallest absolute Gasteiger partial charge is 0.229 e. The molecule has 1 aliphatic rings. The van der Waals surface area contributed by atoms with Crippen LogP contribution in [0.25, 0.3) is 12.2 Å². The third-order valence-corrected chi connectivity index (χ3v) is 4.82. The fraction of sp³-hybridized carbons (Fsp3) is 0.364. The molecule has 5 atom stereocenters. The van der Waals surface area contributed by atoms with Gasteiger partial charge in [-0.3, -0.25) is 0 Å². The Kier molecular flexibility index (Phi) is 7.30. The molecule has 8 heteroatoms. The van der Waals surface area contributed by atoms with E-state index < -0.39 is 37.3 Å². The summed E-state index contributed by atoms with van der Waals surface area (Å²) < 4.78 is 21.5. The van der Waals surface area contributed by atoms with Gasteiger partial charge in [-0.05, 0) is 35.4 Å². The molecule has 0 spiro atoms. The summed E-state index contributed by atoms with van der Waals surface area (Å²) in [5, 5.41) is 39.0. The van der Waals surface area contributed by atoms with Crippen LogP contribution in [0.1, 0.15) is 11.1 Å². The molecule has 1 saturated heterocycles. The van der Waals surface area contributed by atoms with Crippen LogP contribution in [0.5, 0.6) is 17.2 Å². The molecule has 162 valence electrons. The summed E-state index contributed by atoms with van der Waals surface area (Å²) in [6.45, 7) is -0.510. The van der Waals surface area contributed by atoms with Gasteiger partial charge in [-0.2, -0.15) is 0 Å². The molecule has 0 amide bonds. The van der Waals surface area contributed by atoms with Gasteiger partial charge in [0, 0.05) is 6.07 Å². The monoisotopic (exact) mass is 418 g/mol. The van der Waals surface area contributed by atoms with Crippen LogP contribution in [-0.2, 0) is 4.74 Å². The lowest BCUT2D eigenvalue weighted by Crippen LogP contribution is -2.60. The molecule has 0 radical (unpaired) electrons. The summed E-state index contributed by atoms with van der Waals surface area (Å²) in [6.07, 6.45) is -2.77. The Bertz CT molecular complexity index is 826. The van der Waals surface area contributed by atoms with Crippen molar-refractivity contribution in [2.75, 3.05) is 20.8 Å². The molecule has 2 aromatic carbocycles. The van der Waals surface area contributed by atoms with Crippen LogP contribution in [0.2, 0.25) is 0 Å². The van der Waals surface area contributed by atoms with E-state index >= 15 is 0 Å². The molecule has 0 aromatic heterocycles. The Morgan fingerprint density at radius 3 is 1.97 bits per heavy atom. The van der Waals surface area contributed by atoms with Gasteiger partial charge < -0.3 is 39.4 Å². The Balaban J connectivity index is 1.67. The maximum Gasteiger partial charge on any atom is 0.229 e. The van der Waals surface area contributed by atoms with E-state index in [0.717, 1.165) is 11.1 Å². The SMILES string of the molecule is COc1cc(/C=C/c2ccc(OC3OC(CO)C(O)C(O)C3O)cc2)cc(OC)c1. The van der Waals surface area contributed by atoms with Crippen LogP contribution in [0.3, 0.4) is 0 Å². The number of methoxy groups -OCH3 is 2. The summed E-state index contributed by atoms with van der Waals surface area (Å²) in [7, 11) is 3.19. The van der Waals surface area contributed by atoms with Gasteiger partial charge in [0.2, 0.25) is 6.29 Å². The third-order valence-electron chi connectivity index (χ3n) is 4.82. The van der Waals surface area contributed by atoms with E-state index in [1.807, 2.05) is 36.4 Å². The predicted molar refractivity (Wildman–Crippen MR) is 109 cm³/mol. The third kappa shape index (κ3) is 5.10. The molecule has 8 nitrogen and oxygen atoms in total. The lowest BCUT2D eigenvalue weighted by Gasteiger charge is -2.39. The highest BCUT2D eigenvalue weighted by Crippen LogP contribution is 2.26. The quantitative estimate of drug-likeness (QED) is 0.493. The minimum absolute atomic E-state index is 0.402. The van der Waals surface area contributed by atoms with Gasteiger partial charge in [-0.1, -0.05) is 24.3 Å². The minimum Gasteiger partial charge on any atom is -0.497 e. The summed E-state index contributed by atoms with van der Waals surface area (Å²) in [5.41, 5.74) is 1.81. The van der Waals surface area contributed by atoms with E-state index in [4.69, 9.17) is 18.9 Å². The van der Waals surface area contributed by atoms with Gasteiger partial charge in [0.25, 0.3) is 0 Å². The van der Waals surface area contributed by atoms with E-state index in [-0.39, 0.29) is 0 Å². The Hall–Kier alpha value is -2.62. The van der Waals surface area contributed by atoms with E-state index in [0.29, 0.717) is 17.2 Å². The van der Waals surface area contributed by atoms with Gasteiger partial charge in [-0.15, -0.1) is 0 Å². The highest BCUT2D eigenvalue weighted by atomic mass is 16.7. The first-order valence-electron chi connectivity index (χ1n) is 9.43. The fourth-order valence-electron chi connectivity index (χ4n) is 3.07.